The Hall–Kier alpha value is -3.08. The molecule has 0 aromatic heterocycles. The van der Waals surface area contributed by atoms with Gasteiger partial charge in [-0.1, -0.05) is 29.8 Å². The van der Waals surface area contributed by atoms with Gasteiger partial charge in [-0.15, -0.1) is 0 Å². The van der Waals surface area contributed by atoms with Gasteiger partial charge in [0, 0.05) is 18.1 Å². The van der Waals surface area contributed by atoms with Gasteiger partial charge in [-0.05, 0) is 36.8 Å². The van der Waals surface area contributed by atoms with Gasteiger partial charge < -0.3 is 14.8 Å². The monoisotopic (exact) mass is 351 g/mol. The number of aryl methyl sites for hydroxylation is 1. The second-order valence-corrected chi connectivity index (χ2v) is 6.19. The van der Waals surface area contributed by atoms with E-state index in [1.807, 2.05) is 19.1 Å². The highest BCUT2D eigenvalue weighted by Gasteiger charge is 2.22. The maximum Gasteiger partial charge on any atom is 0.337 e. The highest BCUT2D eigenvalue weighted by atomic mass is 16.5. The summed E-state index contributed by atoms with van der Waals surface area (Å²) in [5.74, 6) is 0.280. The van der Waals surface area contributed by atoms with Crippen LogP contribution in [0, 0.1) is 6.92 Å². The first kappa shape index (κ1) is 17.7. The summed E-state index contributed by atoms with van der Waals surface area (Å²) < 4.78 is 10.3. The molecule has 5 heteroatoms. The van der Waals surface area contributed by atoms with Crippen molar-refractivity contribution in [1.82, 2.24) is 5.32 Å². The van der Waals surface area contributed by atoms with Crippen LogP contribution >= 0.6 is 0 Å². The molecule has 0 spiro atoms. The van der Waals surface area contributed by atoms with Crippen molar-refractivity contribution in [3.63, 3.8) is 0 Å². The maximum absolute atomic E-state index is 12.3. The summed E-state index contributed by atoms with van der Waals surface area (Å²) in [7, 11) is 1.34. The summed E-state index contributed by atoms with van der Waals surface area (Å²) in [6.45, 7) is 2.60. The summed E-state index contributed by atoms with van der Waals surface area (Å²) in [6.07, 6.45) is 3.95. The number of methoxy groups -OCH3 is 1. The van der Waals surface area contributed by atoms with Crippen LogP contribution in [0.4, 0.5) is 0 Å². The van der Waals surface area contributed by atoms with Gasteiger partial charge in [-0.2, -0.15) is 0 Å². The Morgan fingerprint density at radius 3 is 2.69 bits per heavy atom. The molecular formula is C21H21NO4. The molecule has 0 saturated carbocycles. The minimum Gasteiger partial charge on any atom is -0.493 e. The minimum absolute atomic E-state index is 0.0579. The van der Waals surface area contributed by atoms with E-state index in [9.17, 15) is 9.59 Å². The Morgan fingerprint density at radius 1 is 1.19 bits per heavy atom. The predicted octanol–water partition coefficient (Wildman–Crippen LogP) is 3.43. The Kier molecular flexibility index (Phi) is 5.37. The average Bonchev–Trinajstić information content (AvgIpc) is 2.66. The molecule has 0 bridgehead atoms. The summed E-state index contributed by atoms with van der Waals surface area (Å²) in [4.78, 5) is 23.7. The van der Waals surface area contributed by atoms with Gasteiger partial charge in [0.15, 0.2) is 0 Å². The second kappa shape index (κ2) is 7.87. The first-order chi connectivity index (χ1) is 12.6. The SMILES string of the molecule is COC(=O)c1ccc(/C=C/C(=O)NC2CCOc3ccc(C)cc32)cc1. The van der Waals surface area contributed by atoms with E-state index in [4.69, 9.17) is 4.74 Å². The second-order valence-electron chi connectivity index (χ2n) is 6.19. The zero-order valence-electron chi connectivity index (χ0n) is 14.8. The smallest absolute Gasteiger partial charge is 0.337 e. The molecule has 5 nitrogen and oxygen atoms in total. The molecule has 134 valence electrons. The van der Waals surface area contributed by atoms with Crippen LogP contribution in [0.2, 0.25) is 0 Å². The van der Waals surface area contributed by atoms with Crippen LogP contribution in [-0.4, -0.2) is 25.6 Å². The molecule has 2 aromatic rings. The number of esters is 1. The molecule has 0 fully saturated rings. The van der Waals surface area contributed by atoms with Crippen molar-refractivity contribution in [1.29, 1.82) is 0 Å². The Balaban J connectivity index is 1.65. The fraction of sp³-hybridized carbons (Fsp3) is 0.238. The summed E-state index contributed by atoms with van der Waals surface area (Å²) in [5.41, 5.74) is 3.45. The number of fused-ring (bicyclic) bond motifs is 1. The molecular weight excluding hydrogens is 330 g/mol. The van der Waals surface area contributed by atoms with Gasteiger partial charge in [0.05, 0.1) is 25.3 Å². The number of benzene rings is 2. The van der Waals surface area contributed by atoms with E-state index >= 15 is 0 Å². The van der Waals surface area contributed by atoms with E-state index < -0.39 is 0 Å². The van der Waals surface area contributed by atoms with Crippen LogP contribution in [0.1, 0.15) is 39.5 Å². The molecule has 0 aliphatic carbocycles. The largest absolute Gasteiger partial charge is 0.493 e. The Bertz CT molecular complexity index is 840. The Labute approximate surface area is 152 Å². The van der Waals surface area contributed by atoms with Crippen molar-refractivity contribution in [3.05, 3.63) is 70.8 Å². The fourth-order valence-corrected chi connectivity index (χ4v) is 2.90. The summed E-state index contributed by atoms with van der Waals surface area (Å²) in [6, 6.07) is 12.8. The van der Waals surface area contributed by atoms with E-state index in [-0.39, 0.29) is 17.9 Å². The van der Waals surface area contributed by atoms with E-state index in [0.29, 0.717) is 12.2 Å². The molecule has 1 amide bonds. The van der Waals surface area contributed by atoms with Gasteiger partial charge in [-0.25, -0.2) is 4.79 Å². The summed E-state index contributed by atoms with van der Waals surface area (Å²) in [5, 5.41) is 3.03. The number of carbonyl (C=O) groups is 2. The lowest BCUT2D eigenvalue weighted by Gasteiger charge is -2.26. The van der Waals surface area contributed by atoms with Crippen LogP contribution in [-0.2, 0) is 9.53 Å². The molecule has 1 aliphatic heterocycles. The van der Waals surface area contributed by atoms with Crippen LogP contribution in [0.5, 0.6) is 5.75 Å². The van der Waals surface area contributed by atoms with Crippen LogP contribution < -0.4 is 10.1 Å². The quantitative estimate of drug-likeness (QED) is 0.677. The fourth-order valence-electron chi connectivity index (χ4n) is 2.90. The lowest BCUT2D eigenvalue weighted by molar-refractivity contribution is -0.117. The molecule has 0 radical (unpaired) electrons. The van der Waals surface area contributed by atoms with E-state index in [0.717, 1.165) is 28.9 Å². The van der Waals surface area contributed by atoms with Crippen LogP contribution in [0.25, 0.3) is 6.08 Å². The van der Waals surface area contributed by atoms with E-state index in [1.165, 1.54) is 13.2 Å². The summed E-state index contributed by atoms with van der Waals surface area (Å²) >= 11 is 0. The van der Waals surface area contributed by atoms with Crippen molar-refractivity contribution < 1.29 is 19.1 Å². The third-order valence-electron chi connectivity index (χ3n) is 4.28. The number of hydrogen-bond donors (Lipinski definition) is 1. The number of ether oxygens (including phenoxy) is 2. The van der Waals surface area contributed by atoms with Gasteiger partial charge >= 0.3 is 5.97 Å². The lowest BCUT2D eigenvalue weighted by Crippen LogP contribution is -2.31. The van der Waals surface area contributed by atoms with E-state index in [2.05, 4.69) is 16.1 Å². The van der Waals surface area contributed by atoms with Crippen molar-refractivity contribution in [2.24, 2.45) is 0 Å². The molecule has 1 N–H and O–H groups in total. The lowest BCUT2D eigenvalue weighted by atomic mass is 9.98. The first-order valence-electron chi connectivity index (χ1n) is 8.47. The van der Waals surface area contributed by atoms with Crippen LogP contribution in [0.15, 0.2) is 48.5 Å². The molecule has 1 heterocycles. The molecule has 1 aliphatic rings. The van der Waals surface area contributed by atoms with E-state index in [1.54, 1.807) is 30.3 Å². The first-order valence-corrected chi connectivity index (χ1v) is 8.47. The zero-order valence-corrected chi connectivity index (χ0v) is 14.8. The van der Waals surface area contributed by atoms with Gasteiger partial charge in [0.25, 0.3) is 0 Å². The van der Waals surface area contributed by atoms with Gasteiger partial charge in [0.1, 0.15) is 5.75 Å². The molecule has 26 heavy (non-hydrogen) atoms. The molecule has 2 aromatic carbocycles. The number of amides is 1. The molecule has 3 rings (SSSR count). The minimum atomic E-state index is -0.383. The molecule has 1 unspecified atom stereocenters. The standard InChI is InChI=1S/C21H21NO4/c1-14-3-9-19-17(13-14)18(11-12-26-19)22-20(23)10-6-15-4-7-16(8-5-15)21(24)25-2/h3-10,13,18H,11-12H2,1-2H3,(H,22,23)/b10-6+. The number of hydrogen-bond acceptors (Lipinski definition) is 4. The van der Waals surface area contributed by atoms with Crippen LogP contribution in [0.3, 0.4) is 0 Å². The highest BCUT2D eigenvalue weighted by molar-refractivity contribution is 5.92. The topological polar surface area (TPSA) is 64.6 Å². The zero-order chi connectivity index (χ0) is 18.5. The number of carbonyl (C=O) groups excluding carboxylic acids is 2. The predicted molar refractivity (Wildman–Crippen MR) is 99.0 cm³/mol. The average molecular weight is 351 g/mol. The van der Waals surface area contributed by atoms with Crippen molar-refractivity contribution in [2.75, 3.05) is 13.7 Å². The number of nitrogens with one attached hydrogen (secondary N) is 1. The highest BCUT2D eigenvalue weighted by Crippen LogP contribution is 2.32. The Morgan fingerprint density at radius 2 is 1.96 bits per heavy atom. The molecule has 0 saturated heterocycles. The third kappa shape index (κ3) is 4.11. The van der Waals surface area contributed by atoms with Gasteiger partial charge in [-0.3, -0.25) is 4.79 Å². The van der Waals surface area contributed by atoms with Gasteiger partial charge in [0.2, 0.25) is 5.91 Å². The third-order valence-corrected chi connectivity index (χ3v) is 4.28. The normalized spacial score (nSPS) is 15.8. The maximum atomic E-state index is 12.3. The van der Waals surface area contributed by atoms with Crippen molar-refractivity contribution >= 4 is 18.0 Å². The van der Waals surface area contributed by atoms with Crippen molar-refractivity contribution in [3.8, 4) is 5.75 Å². The van der Waals surface area contributed by atoms with Crippen molar-refractivity contribution in [2.45, 2.75) is 19.4 Å². The molecule has 1 atom stereocenters. The number of rotatable bonds is 4.